The number of esters is 1. The Kier molecular flexibility index (Phi) is 4.56. The van der Waals surface area contributed by atoms with E-state index < -0.39 is 5.97 Å². The largest absolute Gasteiger partial charge is 0.462 e. The van der Waals surface area contributed by atoms with Crippen molar-refractivity contribution >= 4 is 23.1 Å². The quantitative estimate of drug-likeness (QED) is 0.495. The second-order valence-electron chi connectivity index (χ2n) is 5.77. The summed E-state index contributed by atoms with van der Waals surface area (Å²) < 4.78 is 6.85. The lowest BCUT2D eigenvalue weighted by Gasteiger charge is -2.06. The topological polar surface area (TPSA) is 69.4 Å². The van der Waals surface area contributed by atoms with Crippen LogP contribution in [0.2, 0.25) is 5.15 Å². The summed E-state index contributed by atoms with van der Waals surface area (Å²) in [6.45, 7) is 1.99. The normalized spacial score (nSPS) is 10.9. The van der Waals surface area contributed by atoms with Gasteiger partial charge in [-0.2, -0.15) is 5.10 Å². The maximum absolute atomic E-state index is 12.2. The Hall–Kier alpha value is -3.25. The number of nitrogens with zero attached hydrogens (tertiary/aromatic N) is 4. The molecule has 0 spiro atoms. The predicted octanol–water partition coefficient (Wildman–Crippen LogP) is 4.29. The Morgan fingerprint density at radius 1 is 1.11 bits per heavy atom. The molecule has 6 nitrogen and oxygen atoms in total. The van der Waals surface area contributed by atoms with E-state index in [0.29, 0.717) is 5.69 Å². The molecule has 0 aliphatic rings. The summed E-state index contributed by atoms with van der Waals surface area (Å²) in [7, 11) is 0. The van der Waals surface area contributed by atoms with E-state index in [1.165, 1.54) is 0 Å². The van der Waals surface area contributed by atoms with Gasteiger partial charge in [0.1, 0.15) is 11.3 Å². The highest BCUT2D eigenvalue weighted by Gasteiger charge is 2.21. The smallest absolute Gasteiger partial charge is 0.341 e. The van der Waals surface area contributed by atoms with Crippen LogP contribution in [0.3, 0.4) is 0 Å². The first-order valence-corrected chi connectivity index (χ1v) is 8.80. The monoisotopic (exact) mass is 378 g/mol. The number of aromatic nitrogens is 4. The second kappa shape index (κ2) is 7.17. The highest BCUT2D eigenvalue weighted by molar-refractivity contribution is 6.32. The van der Waals surface area contributed by atoms with Gasteiger partial charge in [0.25, 0.3) is 0 Å². The van der Waals surface area contributed by atoms with Crippen LogP contribution >= 0.6 is 11.6 Å². The molecule has 0 atom stereocenters. The molecule has 0 bridgehead atoms. The van der Waals surface area contributed by atoms with Crippen molar-refractivity contribution in [2.45, 2.75) is 6.92 Å². The van der Waals surface area contributed by atoms with Gasteiger partial charge in [0.2, 0.25) is 0 Å². The zero-order valence-electron chi connectivity index (χ0n) is 14.5. The molecule has 3 heterocycles. The number of hydrogen-bond acceptors (Lipinski definition) is 5. The van der Waals surface area contributed by atoms with Gasteiger partial charge >= 0.3 is 5.97 Å². The summed E-state index contributed by atoms with van der Waals surface area (Å²) in [5, 5.41) is 12.9. The molecule has 0 unspecified atom stereocenters. The molecule has 4 aromatic rings. The lowest BCUT2D eigenvalue weighted by Crippen LogP contribution is -2.07. The van der Waals surface area contributed by atoms with Crippen LogP contribution in [0.5, 0.6) is 0 Å². The molecule has 1 aromatic carbocycles. The van der Waals surface area contributed by atoms with Crippen molar-refractivity contribution in [2.75, 3.05) is 6.61 Å². The number of fused-ring (bicyclic) bond motifs is 1. The number of carbonyl (C=O) groups is 1. The first-order valence-electron chi connectivity index (χ1n) is 8.42. The number of benzene rings is 1. The van der Waals surface area contributed by atoms with E-state index in [1.54, 1.807) is 17.5 Å². The zero-order valence-corrected chi connectivity index (χ0v) is 15.2. The van der Waals surface area contributed by atoms with Crippen LogP contribution in [0.15, 0.2) is 60.8 Å². The van der Waals surface area contributed by atoms with E-state index in [2.05, 4.69) is 10.2 Å². The van der Waals surface area contributed by atoms with Gasteiger partial charge in [-0.15, -0.1) is 10.2 Å². The molecule has 134 valence electrons. The van der Waals surface area contributed by atoms with E-state index in [-0.39, 0.29) is 17.3 Å². The molecule has 3 aromatic heterocycles. The average Bonchev–Trinajstić information content (AvgIpc) is 3.09. The van der Waals surface area contributed by atoms with Crippen molar-refractivity contribution in [3.8, 4) is 22.5 Å². The fourth-order valence-electron chi connectivity index (χ4n) is 2.90. The minimum absolute atomic E-state index is 0.00920. The first-order chi connectivity index (χ1) is 13.2. The molecule has 0 saturated carbocycles. The van der Waals surface area contributed by atoms with Crippen LogP contribution in [0.4, 0.5) is 0 Å². The molecule has 7 heteroatoms. The summed E-state index contributed by atoms with van der Waals surface area (Å²) in [5.74, 6) is -0.531. The first kappa shape index (κ1) is 17.2. The number of rotatable bonds is 4. The molecule has 0 aliphatic heterocycles. The van der Waals surface area contributed by atoms with E-state index in [9.17, 15) is 4.79 Å². The van der Waals surface area contributed by atoms with E-state index in [4.69, 9.17) is 21.4 Å². The van der Waals surface area contributed by atoms with Crippen molar-refractivity contribution in [1.82, 2.24) is 19.8 Å². The van der Waals surface area contributed by atoms with Crippen molar-refractivity contribution in [3.63, 3.8) is 0 Å². The maximum Gasteiger partial charge on any atom is 0.341 e. The van der Waals surface area contributed by atoms with Crippen LogP contribution in [0.1, 0.15) is 17.3 Å². The predicted molar refractivity (Wildman–Crippen MR) is 103 cm³/mol. The van der Waals surface area contributed by atoms with Gasteiger partial charge < -0.3 is 4.74 Å². The molecule has 0 fully saturated rings. The lowest BCUT2D eigenvalue weighted by molar-refractivity contribution is 0.0526. The van der Waals surface area contributed by atoms with Crippen LogP contribution < -0.4 is 0 Å². The van der Waals surface area contributed by atoms with E-state index in [1.807, 2.05) is 54.7 Å². The van der Waals surface area contributed by atoms with Gasteiger partial charge in [0.05, 0.1) is 23.4 Å². The molecular formula is C20H15ClN4O2. The van der Waals surface area contributed by atoms with Gasteiger partial charge in [0, 0.05) is 11.8 Å². The summed E-state index contributed by atoms with van der Waals surface area (Å²) in [6.07, 6.45) is 1.86. The Labute approximate surface area is 160 Å². The molecule has 0 amide bonds. The third kappa shape index (κ3) is 3.15. The number of pyridine rings is 1. The summed E-state index contributed by atoms with van der Waals surface area (Å²) in [6, 6.07) is 17.1. The van der Waals surface area contributed by atoms with Crippen molar-refractivity contribution < 1.29 is 9.53 Å². The zero-order chi connectivity index (χ0) is 18.8. The van der Waals surface area contributed by atoms with Crippen molar-refractivity contribution in [2.24, 2.45) is 0 Å². The van der Waals surface area contributed by atoms with Crippen LogP contribution in [-0.2, 0) is 4.74 Å². The molecular weight excluding hydrogens is 364 g/mol. The molecule has 0 radical (unpaired) electrons. The number of halogens is 1. The van der Waals surface area contributed by atoms with Crippen LogP contribution in [0, 0.1) is 0 Å². The van der Waals surface area contributed by atoms with Crippen LogP contribution in [-0.4, -0.2) is 32.4 Å². The average molecular weight is 379 g/mol. The fourth-order valence-corrected chi connectivity index (χ4v) is 3.07. The molecule has 27 heavy (non-hydrogen) atoms. The highest BCUT2D eigenvalue weighted by Crippen LogP contribution is 2.34. The number of ether oxygens (including phenoxy) is 1. The highest BCUT2D eigenvalue weighted by atomic mass is 35.5. The lowest BCUT2D eigenvalue weighted by atomic mass is 10.0. The Bertz CT molecular complexity index is 1130. The third-order valence-corrected chi connectivity index (χ3v) is 4.37. The second-order valence-corrected chi connectivity index (χ2v) is 6.13. The van der Waals surface area contributed by atoms with Gasteiger partial charge in [-0.25, -0.2) is 9.31 Å². The van der Waals surface area contributed by atoms with Gasteiger partial charge in [-0.3, -0.25) is 0 Å². The van der Waals surface area contributed by atoms with Crippen molar-refractivity contribution in [1.29, 1.82) is 0 Å². The summed E-state index contributed by atoms with van der Waals surface area (Å²) in [5.41, 5.74) is 3.98. The molecule has 0 saturated heterocycles. The minimum atomic E-state index is -0.531. The fraction of sp³-hybridized carbons (Fsp3) is 0.100. The Balaban J connectivity index is 1.96. The third-order valence-electron chi connectivity index (χ3n) is 4.09. The SMILES string of the molecule is CCOC(=O)c1cc(-c2c(-c3ccccc3)nn3ccccc23)nnc1Cl. The number of carbonyl (C=O) groups excluding carboxylic acids is 1. The van der Waals surface area contributed by atoms with Gasteiger partial charge in [-0.1, -0.05) is 48.0 Å². The van der Waals surface area contributed by atoms with Gasteiger partial charge in [0.15, 0.2) is 5.15 Å². The number of hydrogen-bond donors (Lipinski definition) is 0. The van der Waals surface area contributed by atoms with Gasteiger partial charge in [-0.05, 0) is 25.1 Å². The summed E-state index contributed by atoms with van der Waals surface area (Å²) in [4.78, 5) is 12.2. The van der Waals surface area contributed by atoms with E-state index >= 15 is 0 Å². The minimum Gasteiger partial charge on any atom is -0.462 e. The Morgan fingerprint density at radius 2 is 1.89 bits per heavy atom. The summed E-state index contributed by atoms with van der Waals surface area (Å²) >= 11 is 6.07. The molecule has 0 aliphatic carbocycles. The molecule has 4 rings (SSSR count). The van der Waals surface area contributed by atoms with E-state index in [0.717, 1.165) is 22.3 Å². The molecule has 0 N–H and O–H groups in total. The Morgan fingerprint density at radius 3 is 2.67 bits per heavy atom. The maximum atomic E-state index is 12.2. The van der Waals surface area contributed by atoms with Crippen LogP contribution in [0.25, 0.3) is 28.0 Å². The van der Waals surface area contributed by atoms with Crippen molar-refractivity contribution in [3.05, 3.63) is 71.5 Å². The standard InChI is InChI=1S/C20H15ClN4O2/c1-2-27-20(26)14-12-15(22-23-19(14)21)17-16-10-6-7-11-25(16)24-18(17)13-8-4-3-5-9-13/h3-12H,2H2,1H3.